The minimum atomic E-state index is -3.47. The number of hydrogen-bond donors (Lipinski definition) is 1. The maximum atomic E-state index is 12.7. The number of alkyl halides is 1. The minimum Gasteiger partial charge on any atom is -0.282 e. The first-order chi connectivity index (χ1) is 7.44. The lowest BCUT2D eigenvalue weighted by Crippen LogP contribution is -2.17. The van der Waals surface area contributed by atoms with Gasteiger partial charge in [0.15, 0.2) is 0 Å². The minimum absolute atomic E-state index is 0.0226. The number of sulfonamides is 1. The summed E-state index contributed by atoms with van der Waals surface area (Å²) in [6.07, 6.45) is 0.343. The molecule has 0 heterocycles. The normalized spacial score (nSPS) is 11.4. The van der Waals surface area contributed by atoms with Gasteiger partial charge in [0.25, 0.3) is 0 Å². The van der Waals surface area contributed by atoms with Crippen molar-refractivity contribution in [3.05, 3.63) is 29.0 Å². The molecule has 0 spiro atoms. The van der Waals surface area contributed by atoms with Crippen LogP contribution in [0.25, 0.3) is 0 Å². The van der Waals surface area contributed by atoms with Crippen LogP contribution in [0.5, 0.6) is 0 Å². The number of halogens is 3. The van der Waals surface area contributed by atoms with Gasteiger partial charge in [-0.15, -0.1) is 11.6 Å². The molecule has 0 bridgehead atoms. The lowest BCUT2D eigenvalue weighted by Gasteiger charge is -2.08. The third-order valence-electron chi connectivity index (χ3n) is 1.74. The summed E-state index contributed by atoms with van der Waals surface area (Å²) in [5, 5.41) is 0.0226. The fourth-order valence-electron chi connectivity index (χ4n) is 1.04. The zero-order valence-electron chi connectivity index (χ0n) is 8.21. The Morgan fingerprint density at radius 3 is 2.62 bits per heavy atom. The average molecular weight is 286 g/mol. The Kier molecular flexibility index (Phi) is 4.83. The molecule has 0 saturated heterocycles. The van der Waals surface area contributed by atoms with E-state index in [4.69, 9.17) is 23.2 Å². The molecule has 7 heteroatoms. The van der Waals surface area contributed by atoms with E-state index < -0.39 is 15.8 Å². The van der Waals surface area contributed by atoms with Crippen LogP contribution in [0, 0.1) is 5.82 Å². The van der Waals surface area contributed by atoms with Crippen molar-refractivity contribution in [1.82, 2.24) is 0 Å². The van der Waals surface area contributed by atoms with Gasteiger partial charge in [0.2, 0.25) is 10.0 Å². The Hall–Kier alpha value is -0.520. The van der Waals surface area contributed by atoms with Crippen molar-refractivity contribution in [2.45, 2.75) is 6.42 Å². The number of nitrogens with one attached hydrogen (secondary N) is 1. The molecule has 0 aliphatic carbocycles. The van der Waals surface area contributed by atoms with Crippen molar-refractivity contribution >= 4 is 38.9 Å². The second kappa shape index (κ2) is 5.70. The predicted molar refractivity (Wildman–Crippen MR) is 64.2 cm³/mol. The van der Waals surface area contributed by atoms with Crippen LogP contribution in [0.3, 0.4) is 0 Å². The zero-order chi connectivity index (χ0) is 12.2. The fraction of sp³-hybridized carbons (Fsp3) is 0.333. The second-order valence-electron chi connectivity index (χ2n) is 3.09. The number of anilines is 1. The van der Waals surface area contributed by atoms with E-state index in [2.05, 4.69) is 4.72 Å². The van der Waals surface area contributed by atoms with Crippen LogP contribution in [-0.2, 0) is 10.0 Å². The highest BCUT2D eigenvalue weighted by Gasteiger charge is 2.12. The third kappa shape index (κ3) is 4.15. The molecule has 0 aliphatic heterocycles. The number of benzene rings is 1. The molecule has 1 N–H and O–H groups in total. The van der Waals surface area contributed by atoms with Gasteiger partial charge in [-0.1, -0.05) is 11.6 Å². The van der Waals surface area contributed by atoms with Crippen LogP contribution in [0.2, 0.25) is 5.02 Å². The molecule has 1 rings (SSSR count). The van der Waals surface area contributed by atoms with Crippen LogP contribution in [-0.4, -0.2) is 20.1 Å². The predicted octanol–water partition coefficient (Wildman–Crippen LogP) is 2.85. The van der Waals surface area contributed by atoms with E-state index in [-0.39, 0.29) is 22.3 Å². The maximum Gasteiger partial charge on any atom is 0.232 e. The smallest absolute Gasteiger partial charge is 0.232 e. The first-order valence-corrected chi connectivity index (χ1v) is 7.02. The van der Waals surface area contributed by atoms with Gasteiger partial charge in [-0.3, -0.25) is 4.72 Å². The maximum absolute atomic E-state index is 12.7. The molecule has 0 radical (unpaired) electrons. The summed E-state index contributed by atoms with van der Waals surface area (Å²) < 4.78 is 37.9. The first-order valence-electron chi connectivity index (χ1n) is 4.46. The van der Waals surface area contributed by atoms with Crippen molar-refractivity contribution in [3.63, 3.8) is 0 Å². The van der Waals surface area contributed by atoms with Crippen LogP contribution >= 0.6 is 23.2 Å². The van der Waals surface area contributed by atoms with Crippen LogP contribution in [0.1, 0.15) is 6.42 Å². The Morgan fingerprint density at radius 2 is 2.06 bits per heavy atom. The zero-order valence-corrected chi connectivity index (χ0v) is 10.5. The molecule has 1 aromatic carbocycles. The molecule has 0 atom stereocenters. The monoisotopic (exact) mass is 285 g/mol. The lowest BCUT2D eigenvalue weighted by molar-refractivity contribution is 0.599. The van der Waals surface area contributed by atoms with Gasteiger partial charge in [0.05, 0.1) is 16.5 Å². The molecular weight excluding hydrogens is 276 g/mol. The third-order valence-corrected chi connectivity index (χ3v) is 3.68. The topological polar surface area (TPSA) is 46.2 Å². The first kappa shape index (κ1) is 13.5. The lowest BCUT2D eigenvalue weighted by atomic mass is 10.3. The fourth-order valence-corrected chi connectivity index (χ4v) is 2.74. The molecule has 3 nitrogen and oxygen atoms in total. The summed E-state index contributed by atoms with van der Waals surface area (Å²) >= 11 is 11.1. The Balaban J connectivity index is 2.80. The standard InChI is InChI=1S/C9H10Cl2FNO2S/c10-4-1-5-16(14,15)13-9-3-2-7(12)6-8(9)11/h2-3,6,13H,1,4-5H2. The molecule has 0 aliphatic rings. The Labute approximate surface area is 104 Å². The van der Waals surface area contributed by atoms with Gasteiger partial charge < -0.3 is 0 Å². The molecule has 1 aromatic rings. The number of rotatable bonds is 5. The Bertz CT molecular complexity index is 465. The second-order valence-corrected chi connectivity index (χ2v) is 5.71. The number of hydrogen-bond acceptors (Lipinski definition) is 2. The molecule has 0 saturated carbocycles. The van der Waals surface area contributed by atoms with Gasteiger partial charge in [-0.05, 0) is 24.6 Å². The van der Waals surface area contributed by atoms with Crippen molar-refractivity contribution < 1.29 is 12.8 Å². The van der Waals surface area contributed by atoms with E-state index in [1.54, 1.807) is 0 Å². The van der Waals surface area contributed by atoms with E-state index in [1.165, 1.54) is 6.07 Å². The molecule has 0 fully saturated rings. The van der Waals surface area contributed by atoms with E-state index in [9.17, 15) is 12.8 Å². The van der Waals surface area contributed by atoms with Gasteiger partial charge >= 0.3 is 0 Å². The summed E-state index contributed by atoms with van der Waals surface area (Å²) in [6, 6.07) is 3.45. The summed E-state index contributed by atoms with van der Waals surface area (Å²) in [5.74, 6) is -0.351. The summed E-state index contributed by atoms with van der Waals surface area (Å²) in [6.45, 7) is 0. The highest BCUT2D eigenvalue weighted by atomic mass is 35.5. The quantitative estimate of drug-likeness (QED) is 0.846. The molecular formula is C9H10Cl2FNO2S. The van der Waals surface area contributed by atoms with E-state index in [1.807, 2.05) is 0 Å². The molecule has 0 unspecified atom stereocenters. The van der Waals surface area contributed by atoms with E-state index in [0.717, 1.165) is 12.1 Å². The van der Waals surface area contributed by atoms with E-state index in [0.29, 0.717) is 6.42 Å². The van der Waals surface area contributed by atoms with Gasteiger partial charge in [0, 0.05) is 5.88 Å². The summed E-state index contributed by atoms with van der Waals surface area (Å²) in [5.41, 5.74) is 0.164. The SMILES string of the molecule is O=S(=O)(CCCCl)Nc1ccc(F)cc1Cl. The summed E-state index contributed by atoms with van der Waals surface area (Å²) in [4.78, 5) is 0. The molecule has 0 amide bonds. The van der Waals surface area contributed by atoms with E-state index >= 15 is 0 Å². The van der Waals surface area contributed by atoms with Gasteiger partial charge in [-0.2, -0.15) is 0 Å². The van der Waals surface area contributed by atoms with Crippen molar-refractivity contribution in [1.29, 1.82) is 0 Å². The van der Waals surface area contributed by atoms with Crippen molar-refractivity contribution in [2.24, 2.45) is 0 Å². The highest BCUT2D eigenvalue weighted by molar-refractivity contribution is 7.92. The molecule has 16 heavy (non-hydrogen) atoms. The Morgan fingerprint density at radius 1 is 1.38 bits per heavy atom. The average Bonchev–Trinajstić information content (AvgIpc) is 2.19. The van der Waals surface area contributed by atoms with Crippen LogP contribution in [0.4, 0.5) is 10.1 Å². The van der Waals surface area contributed by atoms with Crippen LogP contribution < -0.4 is 4.72 Å². The van der Waals surface area contributed by atoms with Crippen molar-refractivity contribution in [2.75, 3.05) is 16.4 Å². The largest absolute Gasteiger partial charge is 0.282 e. The highest BCUT2D eigenvalue weighted by Crippen LogP contribution is 2.23. The van der Waals surface area contributed by atoms with Gasteiger partial charge in [0.1, 0.15) is 5.82 Å². The van der Waals surface area contributed by atoms with Crippen LogP contribution in [0.15, 0.2) is 18.2 Å². The van der Waals surface area contributed by atoms with Crippen molar-refractivity contribution in [3.8, 4) is 0 Å². The molecule has 0 aromatic heterocycles. The summed E-state index contributed by atoms with van der Waals surface area (Å²) in [7, 11) is -3.47. The molecule has 90 valence electrons. The van der Waals surface area contributed by atoms with Gasteiger partial charge in [-0.25, -0.2) is 12.8 Å².